The van der Waals surface area contributed by atoms with Crippen LogP contribution in [0.25, 0.3) is 0 Å². The van der Waals surface area contributed by atoms with Crippen molar-refractivity contribution in [2.75, 3.05) is 6.61 Å². The Balaban J connectivity index is 1.98. The highest BCUT2D eigenvalue weighted by atomic mass is 16.5. The summed E-state index contributed by atoms with van der Waals surface area (Å²) in [7, 11) is 0. The molecule has 1 atom stereocenters. The van der Waals surface area contributed by atoms with Gasteiger partial charge in [-0.05, 0) is 32.1 Å². The number of ether oxygens (including phenoxy) is 1. The highest BCUT2D eigenvalue weighted by Gasteiger charge is 2.37. The van der Waals surface area contributed by atoms with Crippen molar-refractivity contribution in [2.24, 2.45) is 11.3 Å². The molecule has 0 amide bonds. The van der Waals surface area contributed by atoms with Crippen LogP contribution in [-0.2, 0) is 14.3 Å². The number of carbonyl (C=O) groups is 2. The zero-order chi connectivity index (χ0) is 12.5. The molecule has 0 saturated heterocycles. The van der Waals surface area contributed by atoms with Crippen LogP contribution in [0.5, 0.6) is 0 Å². The summed E-state index contributed by atoms with van der Waals surface area (Å²) < 4.78 is 5.23. The van der Waals surface area contributed by atoms with Gasteiger partial charge in [0.2, 0.25) is 0 Å². The second-order valence-corrected chi connectivity index (χ2v) is 4.99. The van der Waals surface area contributed by atoms with Crippen molar-refractivity contribution in [1.82, 2.24) is 0 Å². The van der Waals surface area contributed by atoms with E-state index in [0.29, 0.717) is 12.5 Å². The first-order valence-electron chi connectivity index (χ1n) is 5.80. The number of esters is 1. The molecule has 0 aromatic heterocycles. The molecule has 2 rings (SSSR count). The third-order valence-corrected chi connectivity index (χ3v) is 3.21. The second-order valence-electron chi connectivity index (χ2n) is 4.99. The molecular formula is C13H16O4. The van der Waals surface area contributed by atoms with Crippen molar-refractivity contribution in [2.45, 2.75) is 26.2 Å². The maximum atomic E-state index is 11.9. The smallest absolute Gasteiger partial charge is 0.331 e. The third kappa shape index (κ3) is 2.75. The standard InChI is InChI=1S/C13H16O4/c1-13(12(16)17-8-9-4-5-9)6-2-3-10(7-13)11(14)15/h2-3,6,9H,4-5,7-8H2,1H3,(H,14,15). The third-order valence-electron chi connectivity index (χ3n) is 3.21. The van der Waals surface area contributed by atoms with Gasteiger partial charge in [0.05, 0.1) is 12.0 Å². The molecule has 1 fully saturated rings. The normalized spacial score (nSPS) is 27.5. The minimum absolute atomic E-state index is 0.197. The first kappa shape index (κ1) is 11.9. The Labute approximate surface area is 100.0 Å². The lowest BCUT2D eigenvalue weighted by Gasteiger charge is -2.26. The average molecular weight is 236 g/mol. The van der Waals surface area contributed by atoms with Crippen LogP contribution in [-0.4, -0.2) is 23.7 Å². The average Bonchev–Trinajstić information content (AvgIpc) is 3.09. The van der Waals surface area contributed by atoms with E-state index in [1.54, 1.807) is 19.1 Å². The van der Waals surface area contributed by atoms with Crippen LogP contribution in [0.4, 0.5) is 0 Å². The quantitative estimate of drug-likeness (QED) is 0.757. The van der Waals surface area contributed by atoms with Gasteiger partial charge >= 0.3 is 11.9 Å². The van der Waals surface area contributed by atoms with E-state index >= 15 is 0 Å². The van der Waals surface area contributed by atoms with Gasteiger partial charge in [-0.2, -0.15) is 0 Å². The monoisotopic (exact) mass is 236 g/mol. The molecule has 0 aliphatic heterocycles. The fraction of sp³-hybridized carbons (Fsp3) is 0.538. The Morgan fingerprint density at radius 1 is 1.53 bits per heavy atom. The van der Waals surface area contributed by atoms with E-state index in [-0.39, 0.29) is 18.0 Å². The van der Waals surface area contributed by atoms with Crippen molar-refractivity contribution in [3.8, 4) is 0 Å². The number of hydrogen-bond donors (Lipinski definition) is 1. The number of carboxylic acids is 1. The molecule has 0 bridgehead atoms. The molecular weight excluding hydrogens is 220 g/mol. The van der Waals surface area contributed by atoms with Gasteiger partial charge in [0.15, 0.2) is 0 Å². The Morgan fingerprint density at radius 2 is 2.24 bits per heavy atom. The second kappa shape index (κ2) is 4.35. The van der Waals surface area contributed by atoms with Crippen molar-refractivity contribution in [3.63, 3.8) is 0 Å². The maximum Gasteiger partial charge on any atom is 0.331 e. The number of rotatable bonds is 4. The summed E-state index contributed by atoms with van der Waals surface area (Å²) in [6.07, 6.45) is 7.31. The Bertz CT molecular complexity index is 404. The highest BCUT2D eigenvalue weighted by molar-refractivity contribution is 5.90. The minimum Gasteiger partial charge on any atom is -0.478 e. The molecule has 0 heterocycles. The van der Waals surface area contributed by atoms with Crippen molar-refractivity contribution in [1.29, 1.82) is 0 Å². The van der Waals surface area contributed by atoms with E-state index in [1.165, 1.54) is 6.08 Å². The Kier molecular flexibility index (Phi) is 3.05. The number of hydrogen-bond acceptors (Lipinski definition) is 3. The van der Waals surface area contributed by atoms with Crippen LogP contribution in [0.15, 0.2) is 23.8 Å². The molecule has 0 radical (unpaired) electrons. The molecule has 2 aliphatic rings. The van der Waals surface area contributed by atoms with Gasteiger partial charge in [0.1, 0.15) is 0 Å². The summed E-state index contributed by atoms with van der Waals surface area (Å²) in [6.45, 7) is 2.18. The Morgan fingerprint density at radius 3 is 2.82 bits per heavy atom. The van der Waals surface area contributed by atoms with Gasteiger partial charge in [-0.25, -0.2) is 4.79 Å². The highest BCUT2D eigenvalue weighted by Crippen LogP contribution is 2.34. The van der Waals surface area contributed by atoms with Gasteiger partial charge in [-0.3, -0.25) is 4.79 Å². The SMILES string of the molecule is CC1(C(=O)OCC2CC2)C=CC=C(C(=O)O)C1. The predicted molar refractivity (Wildman–Crippen MR) is 61.3 cm³/mol. The largest absolute Gasteiger partial charge is 0.478 e. The number of carboxylic acid groups (broad SMARTS) is 1. The van der Waals surface area contributed by atoms with E-state index in [4.69, 9.17) is 9.84 Å². The van der Waals surface area contributed by atoms with Crippen molar-refractivity contribution in [3.05, 3.63) is 23.8 Å². The van der Waals surface area contributed by atoms with E-state index in [9.17, 15) is 9.59 Å². The molecule has 1 N–H and O–H groups in total. The summed E-state index contributed by atoms with van der Waals surface area (Å²) >= 11 is 0. The van der Waals surface area contributed by atoms with Gasteiger partial charge in [0, 0.05) is 5.57 Å². The number of carbonyl (C=O) groups excluding carboxylic acids is 1. The van der Waals surface area contributed by atoms with E-state index < -0.39 is 11.4 Å². The summed E-state index contributed by atoms with van der Waals surface area (Å²) in [5.74, 6) is -0.785. The summed E-state index contributed by atoms with van der Waals surface area (Å²) in [4.78, 5) is 22.8. The predicted octanol–water partition coefficient (Wildman–Crippen LogP) is 1.92. The maximum absolute atomic E-state index is 11.9. The van der Waals surface area contributed by atoms with Crippen molar-refractivity contribution < 1.29 is 19.4 Å². The number of aliphatic carboxylic acids is 1. The van der Waals surface area contributed by atoms with E-state index in [2.05, 4.69) is 0 Å². The molecule has 4 nitrogen and oxygen atoms in total. The summed E-state index contributed by atoms with van der Waals surface area (Å²) in [5, 5.41) is 8.93. The lowest BCUT2D eigenvalue weighted by Crippen LogP contribution is -2.31. The molecule has 17 heavy (non-hydrogen) atoms. The van der Waals surface area contributed by atoms with Gasteiger partial charge < -0.3 is 9.84 Å². The van der Waals surface area contributed by atoms with Crippen LogP contribution in [0.1, 0.15) is 26.2 Å². The minimum atomic E-state index is -0.976. The van der Waals surface area contributed by atoms with Crippen molar-refractivity contribution >= 4 is 11.9 Å². The lowest BCUT2D eigenvalue weighted by atomic mass is 9.80. The zero-order valence-electron chi connectivity index (χ0n) is 9.81. The van der Waals surface area contributed by atoms with Gasteiger partial charge in [-0.1, -0.05) is 18.2 Å². The van der Waals surface area contributed by atoms with Crippen LogP contribution < -0.4 is 0 Å². The van der Waals surface area contributed by atoms with Crippen LogP contribution in [0.2, 0.25) is 0 Å². The molecule has 0 aromatic carbocycles. The topological polar surface area (TPSA) is 63.6 Å². The molecule has 4 heteroatoms. The molecule has 92 valence electrons. The number of allylic oxidation sites excluding steroid dienone is 2. The molecule has 1 unspecified atom stereocenters. The summed E-state index contributed by atoms with van der Waals surface area (Å²) in [6, 6.07) is 0. The lowest BCUT2D eigenvalue weighted by molar-refractivity contribution is -0.152. The zero-order valence-corrected chi connectivity index (χ0v) is 9.81. The Hall–Kier alpha value is -1.58. The molecule has 0 spiro atoms. The molecule has 2 aliphatic carbocycles. The van der Waals surface area contributed by atoms with Crippen LogP contribution >= 0.6 is 0 Å². The fourth-order valence-electron chi connectivity index (χ4n) is 1.82. The first-order valence-corrected chi connectivity index (χ1v) is 5.80. The first-order chi connectivity index (χ1) is 8.01. The van der Waals surface area contributed by atoms with Crippen LogP contribution in [0, 0.1) is 11.3 Å². The molecule has 1 saturated carbocycles. The van der Waals surface area contributed by atoms with E-state index in [0.717, 1.165) is 12.8 Å². The van der Waals surface area contributed by atoms with Gasteiger partial charge in [-0.15, -0.1) is 0 Å². The van der Waals surface area contributed by atoms with Gasteiger partial charge in [0.25, 0.3) is 0 Å². The van der Waals surface area contributed by atoms with E-state index in [1.807, 2.05) is 0 Å². The van der Waals surface area contributed by atoms with Crippen LogP contribution in [0.3, 0.4) is 0 Å². The summed E-state index contributed by atoms with van der Waals surface area (Å²) in [5.41, 5.74) is -0.587. The fourth-order valence-corrected chi connectivity index (χ4v) is 1.82. The molecule has 0 aromatic rings.